The molecule has 6 heteroatoms. The summed E-state index contributed by atoms with van der Waals surface area (Å²) in [7, 11) is 0. The number of aryl methyl sites for hydroxylation is 2. The quantitative estimate of drug-likeness (QED) is 0.467. The van der Waals surface area contributed by atoms with E-state index in [1.807, 2.05) is 44.2 Å². The number of para-hydroxylation sites is 1. The van der Waals surface area contributed by atoms with Crippen LogP contribution in [0.25, 0.3) is 11.1 Å². The number of nitrogens with one attached hydrogen (secondary N) is 2. The molecule has 2 heterocycles. The predicted octanol–water partition coefficient (Wildman–Crippen LogP) is 3.55. The molecular formula is C18H16N6. The molecule has 1 aromatic heterocycles. The topological polar surface area (TPSA) is 91.7 Å². The van der Waals surface area contributed by atoms with E-state index in [9.17, 15) is 5.26 Å². The van der Waals surface area contributed by atoms with Crippen LogP contribution in [0.3, 0.4) is 0 Å². The SMILES string of the molecule is Cc1ccc(-c2c(C)nn3c2Nc2c(C#N)cccc2N3)c(N)c1. The third kappa shape index (κ3) is 1.99. The lowest BCUT2D eigenvalue weighted by Gasteiger charge is -2.23. The zero-order valence-corrected chi connectivity index (χ0v) is 13.4. The highest BCUT2D eigenvalue weighted by molar-refractivity contribution is 5.92. The number of nitrogens with zero attached hydrogens (tertiary/aromatic N) is 3. The van der Waals surface area contributed by atoms with Crippen molar-refractivity contribution in [3.63, 3.8) is 0 Å². The second-order valence-electron chi connectivity index (χ2n) is 5.89. The summed E-state index contributed by atoms with van der Waals surface area (Å²) in [6, 6.07) is 13.7. The van der Waals surface area contributed by atoms with Gasteiger partial charge in [-0.3, -0.25) is 5.43 Å². The molecular weight excluding hydrogens is 300 g/mol. The molecule has 0 aliphatic carbocycles. The minimum atomic E-state index is 0.577. The van der Waals surface area contributed by atoms with Gasteiger partial charge in [0.15, 0.2) is 5.82 Å². The summed E-state index contributed by atoms with van der Waals surface area (Å²) < 4.78 is 0. The van der Waals surface area contributed by atoms with E-state index in [-0.39, 0.29) is 0 Å². The van der Waals surface area contributed by atoms with Crippen LogP contribution in [0.5, 0.6) is 0 Å². The van der Waals surface area contributed by atoms with Crippen LogP contribution in [-0.2, 0) is 0 Å². The first-order valence-electron chi connectivity index (χ1n) is 7.62. The van der Waals surface area contributed by atoms with E-state index in [0.717, 1.165) is 39.6 Å². The molecule has 0 amide bonds. The lowest BCUT2D eigenvalue weighted by atomic mass is 10.0. The molecule has 0 unspecified atom stereocenters. The first-order valence-corrected chi connectivity index (χ1v) is 7.62. The van der Waals surface area contributed by atoms with Crippen molar-refractivity contribution in [1.29, 1.82) is 5.26 Å². The molecule has 0 saturated carbocycles. The molecule has 4 rings (SSSR count). The van der Waals surface area contributed by atoms with Crippen molar-refractivity contribution in [2.75, 3.05) is 16.5 Å². The Morgan fingerprint density at radius 1 is 1.21 bits per heavy atom. The molecule has 0 spiro atoms. The van der Waals surface area contributed by atoms with Crippen LogP contribution in [0.1, 0.15) is 16.8 Å². The van der Waals surface area contributed by atoms with Crippen LogP contribution >= 0.6 is 0 Å². The van der Waals surface area contributed by atoms with Crippen molar-refractivity contribution >= 4 is 22.9 Å². The van der Waals surface area contributed by atoms with E-state index in [1.165, 1.54) is 0 Å². The van der Waals surface area contributed by atoms with Gasteiger partial charge in [0, 0.05) is 11.3 Å². The van der Waals surface area contributed by atoms with Crippen LogP contribution in [0.4, 0.5) is 22.9 Å². The number of nitrogen functional groups attached to an aromatic ring is 1. The van der Waals surface area contributed by atoms with Gasteiger partial charge in [-0.1, -0.05) is 18.2 Å². The van der Waals surface area contributed by atoms with Crippen LogP contribution in [0.15, 0.2) is 36.4 Å². The number of nitrogens with two attached hydrogens (primary N) is 1. The average Bonchev–Trinajstić information content (AvgIpc) is 2.87. The Kier molecular flexibility index (Phi) is 2.97. The number of aromatic nitrogens is 2. The number of rotatable bonds is 1. The average molecular weight is 316 g/mol. The Hall–Kier alpha value is -3.46. The van der Waals surface area contributed by atoms with Gasteiger partial charge < -0.3 is 11.1 Å². The van der Waals surface area contributed by atoms with E-state index in [0.29, 0.717) is 11.3 Å². The fourth-order valence-corrected chi connectivity index (χ4v) is 3.06. The summed E-state index contributed by atoms with van der Waals surface area (Å²) in [6.07, 6.45) is 0. The molecule has 6 nitrogen and oxygen atoms in total. The Labute approximate surface area is 139 Å². The highest BCUT2D eigenvalue weighted by atomic mass is 15.6. The maximum Gasteiger partial charge on any atom is 0.160 e. The second kappa shape index (κ2) is 5.03. The summed E-state index contributed by atoms with van der Waals surface area (Å²) in [6.45, 7) is 3.95. The van der Waals surface area contributed by atoms with Gasteiger partial charge in [0.1, 0.15) is 6.07 Å². The van der Waals surface area contributed by atoms with Crippen molar-refractivity contribution < 1.29 is 0 Å². The van der Waals surface area contributed by atoms with Crippen LogP contribution in [-0.4, -0.2) is 9.89 Å². The summed E-state index contributed by atoms with van der Waals surface area (Å²) in [5.41, 5.74) is 16.1. The highest BCUT2D eigenvalue weighted by Gasteiger charge is 2.25. The molecule has 2 aromatic carbocycles. The first kappa shape index (κ1) is 14.2. The van der Waals surface area contributed by atoms with Gasteiger partial charge >= 0.3 is 0 Å². The molecule has 0 saturated heterocycles. The van der Waals surface area contributed by atoms with Gasteiger partial charge in [0.2, 0.25) is 0 Å². The van der Waals surface area contributed by atoms with Crippen molar-refractivity contribution in [3.05, 3.63) is 53.2 Å². The summed E-state index contributed by atoms with van der Waals surface area (Å²) in [4.78, 5) is 1.69. The molecule has 24 heavy (non-hydrogen) atoms. The lowest BCUT2D eigenvalue weighted by molar-refractivity contribution is 0.791. The second-order valence-corrected chi connectivity index (χ2v) is 5.89. The van der Waals surface area contributed by atoms with Crippen LogP contribution < -0.4 is 16.5 Å². The van der Waals surface area contributed by atoms with Crippen molar-refractivity contribution in [2.45, 2.75) is 13.8 Å². The molecule has 3 aromatic rings. The largest absolute Gasteiger partial charge is 0.398 e. The third-order valence-electron chi connectivity index (χ3n) is 4.19. The number of fused-ring (bicyclic) bond motifs is 2. The van der Waals surface area contributed by atoms with E-state index < -0.39 is 0 Å². The zero-order valence-electron chi connectivity index (χ0n) is 13.4. The van der Waals surface area contributed by atoms with E-state index in [1.54, 1.807) is 10.9 Å². The molecule has 0 fully saturated rings. The maximum atomic E-state index is 9.35. The number of anilines is 4. The smallest absolute Gasteiger partial charge is 0.160 e. The molecule has 1 aliphatic heterocycles. The van der Waals surface area contributed by atoms with E-state index in [4.69, 9.17) is 5.73 Å². The molecule has 0 bridgehead atoms. The monoisotopic (exact) mass is 316 g/mol. The first-order chi connectivity index (χ1) is 11.6. The Morgan fingerprint density at radius 2 is 2.04 bits per heavy atom. The molecule has 1 aliphatic rings. The van der Waals surface area contributed by atoms with Gasteiger partial charge in [-0.15, -0.1) is 0 Å². The Balaban J connectivity index is 1.90. The summed E-state index contributed by atoms with van der Waals surface area (Å²) in [5, 5.41) is 17.2. The fraction of sp³-hybridized carbons (Fsp3) is 0.111. The predicted molar refractivity (Wildman–Crippen MR) is 95.0 cm³/mol. The fourth-order valence-electron chi connectivity index (χ4n) is 3.06. The third-order valence-corrected chi connectivity index (χ3v) is 4.19. The number of nitriles is 1. The molecule has 0 atom stereocenters. The Morgan fingerprint density at radius 3 is 2.79 bits per heavy atom. The maximum absolute atomic E-state index is 9.35. The zero-order chi connectivity index (χ0) is 16.8. The van der Waals surface area contributed by atoms with E-state index >= 15 is 0 Å². The summed E-state index contributed by atoms with van der Waals surface area (Å²) in [5.74, 6) is 0.776. The normalized spacial score (nSPS) is 11.7. The summed E-state index contributed by atoms with van der Waals surface area (Å²) >= 11 is 0. The standard InChI is InChI=1S/C18H16N6/c1-10-6-7-13(14(20)8-10)16-11(2)22-24-18(16)21-17-12(9-19)4-3-5-15(17)23-24/h3-8,21,23H,20H2,1-2H3. The van der Waals surface area contributed by atoms with Crippen molar-refractivity contribution in [1.82, 2.24) is 9.89 Å². The number of benzene rings is 2. The molecule has 4 N–H and O–H groups in total. The van der Waals surface area contributed by atoms with Gasteiger partial charge in [0.05, 0.1) is 28.2 Å². The Bertz CT molecular complexity index is 1010. The van der Waals surface area contributed by atoms with E-state index in [2.05, 4.69) is 21.9 Å². The lowest BCUT2D eigenvalue weighted by Crippen LogP contribution is -2.20. The molecule has 0 radical (unpaired) electrons. The van der Waals surface area contributed by atoms with Crippen molar-refractivity contribution in [3.8, 4) is 17.2 Å². The number of hydrogen-bond acceptors (Lipinski definition) is 5. The van der Waals surface area contributed by atoms with Gasteiger partial charge in [-0.05, 0) is 37.6 Å². The minimum Gasteiger partial charge on any atom is -0.398 e. The minimum absolute atomic E-state index is 0.577. The van der Waals surface area contributed by atoms with Gasteiger partial charge in [-0.2, -0.15) is 15.2 Å². The highest BCUT2D eigenvalue weighted by Crippen LogP contribution is 2.41. The van der Waals surface area contributed by atoms with Crippen LogP contribution in [0.2, 0.25) is 0 Å². The van der Waals surface area contributed by atoms with Gasteiger partial charge in [0.25, 0.3) is 0 Å². The number of hydrogen-bond donors (Lipinski definition) is 3. The van der Waals surface area contributed by atoms with Crippen LogP contribution in [0, 0.1) is 25.2 Å². The molecule has 118 valence electrons. The van der Waals surface area contributed by atoms with Gasteiger partial charge in [-0.25, -0.2) is 0 Å². The van der Waals surface area contributed by atoms with Crippen molar-refractivity contribution in [2.24, 2.45) is 0 Å².